The van der Waals surface area contributed by atoms with E-state index >= 15 is 0 Å². The number of anilines is 1. The van der Waals surface area contributed by atoms with Gasteiger partial charge in [-0.3, -0.25) is 4.79 Å². The summed E-state index contributed by atoms with van der Waals surface area (Å²) in [7, 11) is 0. The van der Waals surface area contributed by atoms with Crippen molar-refractivity contribution in [2.24, 2.45) is 0 Å². The largest absolute Gasteiger partial charge is 0.478 e. The van der Waals surface area contributed by atoms with Crippen LogP contribution < -0.4 is 10.6 Å². The predicted octanol–water partition coefficient (Wildman–Crippen LogP) is 4.56. The van der Waals surface area contributed by atoms with Crippen molar-refractivity contribution in [3.05, 3.63) is 89.0 Å². The molecule has 7 nitrogen and oxygen atoms in total. The smallest absolute Gasteiger partial charge is 0.407 e. The van der Waals surface area contributed by atoms with Gasteiger partial charge in [-0.05, 0) is 46.9 Å². The molecule has 0 spiro atoms. The van der Waals surface area contributed by atoms with Gasteiger partial charge in [0.1, 0.15) is 12.6 Å². The van der Waals surface area contributed by atoms with Crippen molar-refractivity contribution in [2.45, 2.75) is 25.3 Å². The van der Waals surface area contributed by atoms with Crippen LogP contribution in [0.2, 0.25) is 0 Å². The minimum Gasteiger partial charge on any atom is -0.478 e. The van der Waals surface area contributed by atoms with Crippen molar-refractivity contribution >= 4 is 23.7 Å². The van der Waals surface area contributed by atoms with Gasteiger partial charge in [-0.2, -0.15) is 0 Å². The van der Waals surface area contributed by atoms with E-state index in [0.29, 0.717) is 5.56 Å². The molecule has 0 radical (unpaired) electrons. The second-order valence-electron chi connectivity index (χ2n) is 8.25. The lowest BCUT2D eigenvalue weighted by molar-refractivity contribution is -0.118. The molecular formula is C28H24N2O5. The molecule has 1 aliphatic carbocycles. The number of carboxylic acid groups (broad SMARTS) is 1. The summed E-state index contributed by atoms with van der Waals surface area (Å²) >= 11 is 0. The Morgan fingerprint density at radius 1 is 1.03 bits per heavy atom. The number of rotatable bonds is 7. The molecule has 7 heteroatoms. The van der Waals surface area contributed by atoms with Gasteiger partial charge in [0.05, 0.1) is 5.56 Å². The Kier molecular flexibility index (Phi) is 6.83. The number of aryl methyl sites for hydroxylation is 1. The van der Waals surface area contributed by atoms with E-state index in [1.54, 1.807) is 19.1 Å². The highest BCUT2D eigenvalue weighted by atomic mass is 16.5. The first kappa shape index (κ1) is 23.6. The van der Waals surface area contributed by atoms with Crippen LogP contribution >= 0.6 is 0 Å². The summed E-state index contributed by atoms with van der Waals surface area (Å²) in [6.45, 7) is 1.76. The van der Waals surface area contributed by atoms with Crippen molar-refractivity contribution < 1.29 is 24.2 Å². The number of carbonyl (C=O) groups is 3. The van der Waals surface area contributed by atoms with Crippen LogP contribution in [0, 0.1) is 19.3 Å². The molecule has 1 atom stereocenters. The first-order valence-electron chi connectivity index (χ1n) is 11.1. The predicted molar refractivity (Wildman–Crippen MR) is 132 cm³/mol. The number of fused-ring (bicyclic) bond motifs is 3. The minimum absolute atomic E-state index is 0.0618. The van der Waals surface area contributed by atoms with Gasteiger partial charge in [0, 0.05) is 18.0 Å². The number of ether oxygens (including phenoxy) is 1. The standard InChI is InChI=1S/C28H24N2O5/c1-3-8-25(26(31)29-18-14-13-17(2)23(15-18)27(32)33)30-28(34)35-16-24-21-11-6-4-9-19(21)20-10-5-7-12-22(20)24/h1,4-7,9-15,24-25H,8,16H2,2H3,(H,29,31)(H,30,34)(H,32,33). The van der Waals surface area contributed by atoms with Crippen molar-refractivity contribution in [3.8, 4) is 23.5 Å². The number of hydrogen-bond donors (Lipinski definition) is 3. The third kappa shape index (κ3) is 5.02. The van der Waals surface area contributed by atoms with E-state index in [-0.39, 0.29) is 30.2 Å². The third-order valence-electron chi connectivity index (χ3n) is 6.01. The lowest BCUT2D eigenvalue weighted by Crippen LogP contribution is -2.44. The highest BCUT2D eigenvalue weighted by Crippen LogP contribution is 2.44. The topological polar surface area (TPSA) is 105 Å². The number of carboxylic acids is 1. The van der Waals surface area contributed by atoms with E-state index in [2.05, 4.69) is 16.6 Å². The van der Waals surface area contributed by atoms with Crippen molar-refractivity contribution in [3.63, 3.8) is 0 Å². The Balaban J connectivity index is 1.42. The van der Waals surface area contributed by atoms with Gasteiger partial charge in [0.2, 0.25) is 5.91 Å². The first-order valence-corrected chi connectivity index (χ1v) is 11.1. The summed E-state index contributed by atoms with van der Waals surface area (Å²) in [4.78, 5) is 36.7. The maximum absolute atomic E-state index is 12.8. The molecule has 0 fully saturated rings. The van der Waals surface area contributed by atoms with Gasteiger partial charge in [-0.15, -0.1) is 12.3 Å². The Bertz CT molecular complexity index is 1300. The van der Waals surface area contributed by atoms with E-state index < -0.39 is 24.0 Å². The molecule has 0 aliphatic heterocycles. The van der Waals surface area contributed by atoms with Crippen LogP contribution in [-0.2, 0) is 9.53 Å². The number of terminal acetylenes is 1. The maximum atomic E-state index is 12.8. The van der Waals surface area contributed by atoms with E-state index in [0.717, 1.165) is 22.3 Å². The monoisotopic (exact) mass is 468 g/mol. The number of amides is 2. The Hall–Kier alpha value is -4.57. The van der Waals surface area contributed by atoms with Crippen LogP contribution in [0.25, 0.3) is 11.1 Å². The van der Waals surface area contributed by atoms with Crippen LogP contribution in [0.15, 0.2) is 66.7 Å². The van der Waals surface area contributed by atoms with Crippen molar-refractivity contribution in [1.82, 2.24) is 5.32 Å². The van der Waals surface area contributed by atoms with Gasteiger partial charge in [0.25, 0.3) is 0 Å². The average Bonchev–Trinajstić information content (AvgIpc) is 3.17. The molecule has 0 aromatic heterocycles. The molecule has 0 bridgehead atoms. The summed E-state index contributed by atoms with van der Waals surface area (Å²) in [6.07, 6.45) is 4.57. The van der Waals surface area contributed by atoms with Crippen LogP contribution in [0.1, 0.15) is 39.4 Å². The average molecular weight is 469 g/mol. The summed E-state index contributed by atoms with van der Waals surface area (Å²) in [5.74, 6) is 0.587. The molecule has 35 heavy (non-hydrogen) atoms. The third-order valence-corrected chi connectivity index (χ3v) is 6.01. The molecule has 2 amide bonds. The fourth-order valence-electron chi connectivity index (χ4n) is 4.27. The van der Waals surface area contributed by atoms with E-state index in [9.17, 15) is 19.5 Å². The molecule has 3 N–H and O–H groups in total. The second-order valence-corrected chi connectivity index (χ2v) is 8.25. The first-order chi connectivity index (χ1) is 16.9. The van der Waals surface area contributed by atoms with Gasteiger partial charge in [0.15, 0.2) is 0 Å². The molecule has 0 saturated carbocycles. The fraction of sp³-hybridized carbons (Fsp3) is 0.179. The number of alkyl carbamates (subject to hydrolysis) is 1. The number of nitrogens with one attached hydrogen (secondary N) is 2. The molecule has 3 aromatic rings. The zero-order valence-corrected chi connectivity index (χ0v) is 19.1. The Labute approximate surface area is 203 Å². The quantitative estimate of drug-likeness (QED) is 0.441. The van der Waals surface area contributed by atoms with E-state index in [1.165, 1.54) is 6.07 Å². The summed E-state index contributed by atoms with van der Waals surface area (Å²) < 4.78 is 5.51. The molecular weight excluding hydrogens is 444 g/mol. The Morgan fingerprint density at radius 3 is 2.26 bits per heavy atom. The summed E-state index contributed by atoms with van der Waals surface area (Å²) in [6, 6.07) is 19.5. The van der Waals surface area contributed by atoms with Gasteiger partial charge < -0.3 is 20.5 Å². The second kappa shape index (κ2) is 10.1. The molecule has 0 heterocycles. The highest BCUT2D eigenvalue weighted by molar-refractivity contribution is 5.98. The van der Waals surface area contributed by atoms with Crippen LogP contribution in [0.5, 0.6) is 0 Å². The maximum Gasteiger partial charge on any atom is 0.407 e. The molecule has 176 valence electrons. The SMILES string of the molecule is C#CCC(NC(=O)OCC1c2ccccc2-c2ccccc21)C(=O)Nc1ccc(C)c(C(=O)O)c1. The summed E-state index contributed by atoms with van der Waals surface area (Å²) in [5.41, 5.74) is 5.30. The lowest BCUT2D eigenvalue weighted by atomic mass is 9.98. The molecule has 1 unspecified atom stereocenters. The summed E-state index contributed by atoms with van der Waals surface area (Å²) in [5, 5.41) is 14.4. The van der Waals surface area contributed by atoms with Crippen LogP contribution in [0.3, 0.4) is 0 Å². The zero-order valence-electron chi connectivity index (χ0n) is 19.1. The van der Waals surface area contributed by atoms with Crippen LogP contribution in [-0.4, -0.2) is 35.7 Å². The minimum atomic E-state index is -1.10. The van der Waals surface area contributed by atoms with Gasteiger partial charge in [-0.25, -0.2) is 9.59 Å². The van der Waals surface area contributed by atoms with Crippen LogP contribution in [0.4, 0.5) is 10.5 Å². The number of carbonyl (C=O) groups excluding carboxylic acids is 2. The Morgan fingerprint density at radius 2 is 1.66 bits per heavy atom. The van der Waals surface area contributed by atoms with Crippen molar-refractivity contribution in [2.75, 3.05) is 11.9 Å². The van der Waals surface area contributed by atoms with E-state index in [4.69, 9.17) is 11.2 Å². The van der Waals surface area contributed by atoms with Gasteiger partial charge >= 0.3 is 12.1 Å². The number of aromatic carboxylic acids is 1. The normalized spacial score (nSPS) is 12.6. The molecule has 1 aliphatic rings. The number of hydrogen-bond acceptors (Lipinski definition) is 4. The zero-order chi connectivity index (χ0) is 24.9. The highest BCUT2D eigenvalue weighted by Gasteiger charge is 2.29. The lowest BCUT2D eigenvalue weighted by Gasteiger charge is -2.18. The molecule has 0 saturated heterocycles. The van der Waals surface area contributed by atoms with E-state index in [1.807, 2.05) is 48.5 Å². The van der Waals surface area contributed by atoms with Gasteiger partial charge in [-0.1, -0.05) is 54.6 Å². The number of benzene rings is 3. The molecule has 3 aromatic carbocycles. The fourth-order valence-corrected chi connectivity index (χ4v) is 4.27. The van der Waals surface area contributed by atoms with Crippen molar-refractivity contribution in [1.29, 1.82) is 0 Å². The molecule has 4 rings (SSSR count).